The molecule has 9 heteroatoms. The minimum absolute atomic E-state index is 0.116. The molecule has 1 unspecified atom stereocenters. The number of hydrogen-bond donors (Lipinski definition) is 2. The van der Waals surface area contributed by atoms with Gasteiger partial charge in [0.15, 0.2) is 0 Å². The van der Waals surface area contributed by atoms with Crippen molar-refractivity contribution in [2.24, 2.45) is 7.05 Å². The van der Waals surface area contributed by atoms with E-state index < -0.39 is 23.8 Å². The van der Waals surface area contributed by atoms with Crippen molar-refractivity contribution < 1.29 is 28.2 Å². The lowest BCUT2D eigenvalue weighted by atomic mass is 10.1. The van der Waals surface area contributed by atoms with Gasteiger partial charge >= 0.3 is 5.97 Å². The monoisotopic (exact) mass is 443 g/mol. The largest absolute Gasteiger partial charge is 0.478 e. The third-order valence-electron chi connectivity index (χ3n) is 4.96. The molecule has 3 aromatic rings. The van der Waals surface area contributed by atoms with Crippen LogP contribution in [0.25, 0.3) is 0 Å². The van der Waals surface area contributed by atoms with E-state index in [-0.39, 0.29) is 28.3 Å². The fraction of sp³-hybridized carbons (Fsp3) is 0.261. The summed E-state index contributed by atoms with van der Waals surface area (Å²) in [5.41, 5.74) is 1.23. The van der Waals surface area contributed by atoms with E-state index >= 15 is 0 Å². The second kappa shape index (κ2) is 8.78. The molecule has 32 heavy (non-hydrogen) atoms. The first kappa shape index (κ1) is 22.9. The van der Waals surface area contributed by atoms with Crippen LogP contribution in [0.1, 0.15) is 57.4 Å². The van der Waals surface area contributed by atoms with Crippen molar-refractivity contribution in [2.75, 3.05) is 0 Å². The summed E-state index contributed by atoms with van der Waals surface area (Å²) in [6, 6.07) is 11.2. The zero-order valence-electron chi connectivity index (χ0n) is 18.0. The molecule has 0 spiro atoms. The number of nitrogens with zero attached hydrogens (tertiary/aromatic N) is 2. The van der Waals surface area contributed by atoms with Gasteiger partial charge in [-0.2, -0.15) is 5.10 Å². The number of benzene rings is 2. The molecule has 3 rings (SSSR count). The lowest BCUT2D eigenvalue weighted by Gasteiger charge is -2.16. The highest BCUT2D eigenvalue weighted by atomic mass is 19.3. The van der Waals surface area contributed by atoms with Gasteiger partial charge in [-0.1, -0.05) is 24.3 Å². The van der Waals surface area contributed by atoms with E-state index in [0.717, 1.165) is 6.92 Å². The van der Waals surface area contributed by atoms with Crippen molar-refractivity contribution in [3.05, 3.63) is 76.5 Å². The Kier molecular flexibility index (Phi) is 6.29. The number of halogens is 2. The molecule has 0 radical (unpaired) electrons. The predicted molar refractivity (Wildman–Crippen MR) is 113 cm³/mol. The highest BCUT2D eigenvalue weighted by Gasteiger charge is 2.27. The normalized spacial score (nSPS) is 12.3. The standard InChI is InChI=1S/C23H23F2N3O4/c1-13(15-8-10-16(11-9-15)22(30)31)26-20(29)19-14(2)27-28(4)21(19)32-18-7-5-6-17(12-18)23(3,24)25/h5-13H,1-4H3,(H,26,29)(H,30,31). The van der Waals surface area contributed by atoms with Gasteiger partial charge in [0.1, 0.15) is 11.3 Å². The van der Waals surface area contributed by atoms with Crippen LogP contribution in [-0.2, 0) is 13.0 Å². The van der Waals surface area contributed by atoms with E-state index in [2.05, 4.69) is 10.4 Å². The summed E-state index contributed by atoms with van der Waals surface area (Å²) in [5.74, 6) is -4.26. The van der Waals surface area contributed by atoms with Crippen LogP contribution in [0.3, 0.4) is 0 Å². The Morgan fingerprint density at radius 1 is 1.19 bits per heavy atom. The summed E-state index contributed by atoms with van der Waals surface area (Å²) >= 11 is 0. The van der Waals surface area contributed by atoms with E-state index in [1.807, 2.05) is 0 Å². The van der Waals surface area contributed by atoms with Gasteiger partial charge < -0.3 is 15.2 Å². The molecule has 0 fully saturated rings. The summed E-state index contributed by atoms with van der Waals surface area (Å²) in [5, 5.41) is 16.1. The van der Waals surface area contributed by atoms with E-state index in [0.29, 0.717) is 11.3 Å². The number of ether oxygens (including phenoxy) is 1. The highest BCUT2D eigenvalue weighted by Crippen LogP contribution is 2.33. The maximum absolute atomic E-state index is 13.7. The van der Waals surface area contributed by atoms with Gasteiger partial charge in [0.2, 0.25) is 5.88 Å². The van der Waals surface area contributed by atoms with Gasteiger partial charge in [-0.15, -0.1) is 0 Å². The molecule has 1 atom stereocenters. The molecule has 0 aliphatic rings. The van der Waals surface area contributed by atoms with Crippen molar-refractivity contribution in [3.8, 4) is 11.6 Å². The second-order valence-electron chi connectivity index (χ2n) is 7.53. The molecule has 0 saturated carbocycles. The lowest BCUT2D eigenvalue weighted by molar-refractivity contribution is 0.0172. The van der Waals surface area contributed by atoms with E-state index in [4.69, 9.17) is 9.84 Å². The fourth-order valence-corrected chi connectivity index (χ4v) is 3.23. The number of amides is 1. The Hall–Kier alpha value is -3.75. The summed E-state index contributed by atoms with van der Waals surface area (Å²) < 4.78 is 34.5. The van der Waals surface area contributed by atoms with Crippen LogP contribution < -0.4 is 10.1 Å². The van der Waals surface area contributed by atoms with Crippen molar-refractivity contribution in [2.45, 2.75) is 32.7 Å². The Labute approximate surface area is 183 Å². The van der Waals surface area contributed by atoms with Crippen LogP contribution in [0.5, 0.6) is 11.6 Å². The highest BCUT2D eigenvalue weighted by molar-refractivity contribution is 5.98. The number of aryl methyl sites for hydroxylation is 2. The number of alkyl halides is 2. The lowest BCUT2D eigenvalue weighted by Crippen LogP contribution is -2.27. The Morgan fingerprint density at radius 3 is 2.44 bits per heavy atom. The van der Waals surface area contributed by atoms with E-state index in [1.165, 1.54) is 41.1 Å². The minimum Gasteiger partial charge on any atom is -0.478 e. The second-order valence-corrected chi connectivity index (χ2v) is 7.53. The number of carboxylic acids is 1. The minimum atomic E-state index is -3.03. The van der Waals surface area contributed by atoms with Gasteiger partial charge in [-0.05, 0) is 43.7 Å². The molecule has 1 heterocycles. The first-order valence-electron chi connectivity index (χ1n) is 9.81. The average molecular weight is 443 g/mol. The number of carbonyl (C=O) groups is 2. The van der Waals surface area contributed by atoms with Crippen LogP contribution in [-0.4, -0.2) is 26.8 Å². The number of hydrogen-bond acceptors (Lipinski definition) is 4. The van der Waals surface area contributed by atoms with Crippen LogP contribution in [0.2, 0.25) is 0 Å². The first-order chi connectivity index (χ1) is 15.0. The maximum atomic E-state index is 13.7. The third kappa shape index (κ3) is 4.93. The van der Waals surface area contributed by atoms with Crippen LogP contribution in [0, 0.1) is 6.92 Å². The van der Waals surface area contributed by atoms with Crippen molar-refractivity contribution in [1.29, 1.82) is 0 Å². The zero-order chi connectivity index (χ0) is 23.6. The SMILES string of the molecule is Cc1nn(C)c(Oc2cccc(C(C)(F)F)c2)c1C(=O)NC(C)c1ccc(C(=O)O)cc1. The quantitative estimate of drug-likeness (QED) is 0.546. The molecule has 0 saturated heterocycles. The van der Waals surface area contributed by atoms with Crippen molar-refractivity contribution in [3.63, 3.8) is 0 Å². The van der Waals surface area contributed by atoms with E-state index in [1.54, 1.807) is 33.0 Å². The molecule has 1 amide bonds. The van der Waals surface area contributed by atoms with Crippen LogP contribution >= 0.6 is 0 Å². The van der Waals surface area contributed by atoms with Crippen molar-refractivity contribution >= 4 is 11.9 Å². The van der Waals surface area contributed by atoms with Gasteiger partial charge in [0, 0.05) is 19.5 Å². The molecular weight excluding hydrogens is 420 g/mol. The van der Waals surface area contributed by atoms with Gasteiger partial charge in [-0.25, -0.2) is 18.3 Å². The molecular formula is C23H23F2N3O4. The Bertz CT molecular complexity index is 1150. The number of carboxylic acid groups (broad SMARTS) is 1. The van der Waals surface area contributed by atoms with Gasteiger partial charge in [-0.3, -0.25) is 4.79 Å². The van der Waals surface area contributed by atoms with Crippen LogP contribution in [0.15, 0.2) is 48.5 Å². The topological polar surface area (TPSA) is 93.5 Å². The molecule has 1 aromatic heterocycles. The smallest absolute Gasteiger partial charge is 0.335 e. The summed E-state index contributed by atoms with van der Waals surface area (Å²) in [6.07, 6.45) is 0. The Morgan fingerprint density at radius 2 is 1.84 bits per heavy atom. The molecule has 2 aromatic carbocycles. The van der Waals surface area contributed by atoms with E-state index in [9.17, 15) is 18.4 Å². The number of aromatic nitrogens is 2. The number of rotatable bonds is 7. The predicted octanol–water partition coefficient (Wildman–Crippen LogP) is 4.82. The number of aromatic carboxylic acids is 1. The maximum Gasteiger partial charge on any atom is 0.335 e. The van der Waals surface area contributed by atoms with Gasteiger partial charge in [0.25, 0.3) is 11.8 Å². The van der Waals surface area contributed by atoms with Crippen molar-refractivity contribution in [1.82, 2.24) is 15.1 Å². The summed E-state index contributed by atoms with van der Waals surface area (Å²) in [4.78, 5) is 24.0. The molecule has 0 aliphatic heterocycles. The fourth-order valence-electron chi connectivity index (χ4n) is 3.23. The summed E-state index contributed by atoms with van der Waals surface area (Å²) in [7, 11) is 1.59. The third-order valence-corrected chi connectivity index (χ3v) is 4.96. The zero-order valence-corrected chi connectivity index (χ0v) is 18.0. The number of carbonyl (C=O) groups excluding carboxylic acids is 1. The molecule has 0 bridgehead atoms. The van der Waals surface area contributed by atoms with Crippen LogP contribution in [0.4, 0.5) is 8.78 Å². The Balaban J connectivity index is 1.84. The summed E-state index contributed by atoms with van der Waals surface area (Å²) in [6.45, 7) is 4.20. The molecule has 2 N–H and O–H groups in total. The average Bonchev–Trinajstić information content (AvgIpc) is 3.00. The molecule has 168 valence electrons. The number of nitrogens with one attached hydrogen (secondary N) is 1. The first-order valence-corrected chi connectivity index (χ1v) is 9.81. The van der Waals surface area contributed by atoms with Gasteiger partial charge in [0.05, 0.1) is 17.3 Å². The molecule has 0 aliphatic carbocycles. The molecule has 7 nitrogen and oxygen atoms in total.